The van der Waals surface area contributed by atoms with E-state index in [-0.39, 0.29) is 21.0 Å². The van der Waals surface area contributed by atoms with Crippen LogP contribution in [0.15, 0.2) is 15.8 Å². The number of aromatic nitrogens is 3. The van der Waals surface area contributed by atoms with Gasteiger partial charge in [0, 0.05) is 5.69 Å². The SMILES string of the molecule is COC(=O)c1ncsc1S(=O)(=O)Nc1nc(C)cc(Cl)n1. The molecule has 2 rings (SSSR count). The van der Waals surface area contributed by atoms with Crippen molar-refractivity contribution in [2.75, 3.05) is 11.8 Å². The summed E-state index contributed by atoms with van der Waals surface area (Å²) >= 11 is 6.52. The minimum absolute atomic E-state index is 0.0951. The van der Waals surface area contributed by atoms with Crippen LogP contribution in [0.2, 0.25) is 5.15 Å². The van der Waals surface area contributed by atoms with Crippen LogP contribution in [0.4, 0.5) is 5.95 Å². The number of esters is 1. The number of rotatable bonds is 4. The third-order valence-corrected chi connectivity index (χ3v) is 5.10. The Hall–Kier alpha value is -1.78. The lowest BCUT2D eigenvalue weighted by molar-refractivity contribution is 0.0590. The molecule has 21 heavy (non-hydrogen) atoms. The number of ether oxygens (including phenoxy) is 1. The van der Waals surface area contributed by atoms with Crippen LogP contribution in [-0.4, -0.2) is 36.4 Å². The monoisotopic (exact) mass is 348 g/mol. The Morgan fingerprint density at radius 2 is 2.14 bits per heavy atom. The van der Waals surface area contributed by atoms with Crippen LogP contribution in [0.3, 0.4) is 0 Å². The number of carbonyl (C=O) groups excluding carboxylic acids is 1. The predicted molar refractivity (Wildman–Crippen MR) is 76.0 cm³/mol. The van der Waals surface area contributed by atoms with Crippen LogP contribution in [0.5, 0.6) is 0 Å². The molecule has 2 heterocycles. The van der Waals surface area contributed by atoms with Gasteiger partial charge < -0.3 is 4.74 Å². The number of halogens is 1. The second kappa shape index (κ2) is 5.92. The van der Waals surface area contributed by atoms with E-state index < -0.39 is 16.0 Å². The van der Waals surface area contributed by atoms with Gasteiger partial charge in [-0.15, -0.1) is 11.3 Å². The number of methoxy groups -OCH3 is 1. The Morgan fingerprint density at radius 1 is 1.43 bits per heavy atom. The standard InChI is InChI=1S/C10H9ClN4O4S2/c1-5-3-6(11)14-10(13-5)15-21(17,18)9-7(8(16)19-2)12-4-20-9/h3-4H,1-2H3,(H,13,14,15). The van der Waals surface area contributed by atoms with Crippen molar-refractivity contribution >= 4 is 44.9 Å². The van der Waals surface area contributed by atoms with E-state index in [0.717, 1.165) is 18.4 Å². The number of aryl methyl sites for hydroxylation is 1. The molecule has 0 aliphatic carbocycles. The summed E-state index contributed by atoms with van der Waals surface area (Å²) in [5, 5.41) is 0.0951. The van der Waals surface area contributed by atoms with Crippen molar-refractivity contribution in [2.45, 2.75) is 11.1 Å². The Labute approximate surface area is 129 Å². The molecule has 0 amide bonds. The lowest BCUT2D eigenvalue weighted by Crippen LogP contribution is -2.17. The van der Waals surface area contributed by atoms with Gasteiger partial charge >= 0.3 is 5.97 Å². The minimum Gasteiger partial charge on any atom is -0.464 e. The highest BCUT2D eigenvalue weighted by atomic mass is 35.5. The number of thiazole rings is 1. The second-order valence-corrected chi connectivity index (χ2v) is 6.86. The van der Waals surface area contributed by atoms with Gasteiger partial charge in [-0.1, -0.05) is 11.6 Å². The molecular weight excluding hydrogens is 340 g/mol. The van der Waals surface area contributed by atoms with Gasteiger partial charge in [0.05, 0.1) is 12.6 Å². The average Bonchev–Trinajstić information content (AvgIpc) is 2.85. The van der Waals surface area contributed by atoms with Crippen molar-refractivity contribution < 1.29 is 17.9 Å². The Balaban J connectivity index is 2.39. The van der Waals surface area contributed by atoms with Gasteiger partial charge in [-0.25, -0.2) is 32.9 Å². The topological polar surface area (TPSA) is 111 Å². The quantitative estimate of drug-likeness (QED) is 0.658. The van der Waals surface area contributed by atoms with Crippen molar-refractivity contribution in [1.29, 1.82) is 0 Å². The number of nitrogens with zero attached hydrogens (tertiary/aromatic N) is 3. The maximum Gasteiger partial charge on any atom is 0.358 e. The number of nitrogens with one attached hydrogen (secondary N) is 1. The zero-order valence-electron chi connectivity index (χ0n) is 10.8. The third-order valence-electron chi connectivity index (χ3n) is 2.21. The summed E-state index contributed by atoms with van der Waals surface area (Å²) in [5.74, 6) is -1.04. The summed E-state index contributed by atoms with van der Waals surface area (Å²) in [6, 6.07) is 1.48. The minimum atomic E-state index is -4.07. The predicted octanol–water partition coefficient (Wildman–Crippen LogP) is 1.48. The average molecular weight is 349 g/mol. The maximum absolute atomic E-state index is 12.3. The van der Waals surface area contributed by atoms with Crippen molar-refractivity contribution in [3.8, 4) is 0 Å². The molecule has 2 aromatic heterocycles. The molecule has 0 radical (unpaired) electrons. The van der Waals surface area contributed by atoms with Crippen LogP contribution < -0.4 is 4.72 Å². The summed E-state index contributed by atoms with van der Waals surface area (Å²) in [4.78, 5) is 22.8. The van der Waals surface area contributed by atoms with Crippen LogP contribution in [0.1, 0.15) is 16.2 Å². The molecule has 0 aliphatic rings. The number of anilines is 1. The number of hydrogen-bond donors (Lipinski definition) is 1. The largest absolute Gasteiger partial charge is 0.464 e. The molecule has 0 fully saturated rings. The van der Waals surface area contributed by atoms with Gasteiger partial charge in [0.2, 0.25) is 5.95 Å². The van der Waals surface area contributed by atoms with E-state index >= 15 is 0 Å². The van der Waals surface area contributed by atoms with Crippen molar-refractivity contribution in [1.82, 2.24) is 15.0 Å². The molecule has 0 aromatic carbocycles. The summed E-state index contributed by atoms with van der Waals surface area (Å²) in [6.07, 6.45) is 0. The van der Waals surface area contributed by atoms with Gasteiger partial charge in [-0.2, -0.15) is 0 Å². The Kier molecular flexibility index (Phi) is 4.40. The molecule has 1 N–H and O–H groups in total. The fraction of sp³-hybridized carbons (Fsp3) is 0.200. The molecule has 0 saturated carbocycles. The molecule has 2 aromatic rings. The van der Waals surface area contributed by atoms with Gasteiger partial charge in [0.25, 0.3) is 10.0 Å². The molecule has 112 valence electrons. The lowest BCUT2D eigenvalue weighted by atomic mass is 10.5. The van der Waals surface area contributed by atoms with Gasteiger partial charge in [-0.05, 0) is 13.0 Å². The van der Waals surface area contributed by atoms with Crippen molar-refractivity contribution in [3.05, 3.63) is 28.1 Å². The van der Waals surface area contributed by atoms with E-state index in [1.54, 1.807) is 6.92 Å². The van der Waals surface area contributed by atoms with E-state index in [1.165, 1.54) is 11.6 Å². The molecule has 11 heteroatoms. The summed E-state index contributed by atoms with van der Waals surface area (Å²) < 4.78 is 30.9. The normalized spacial score (nSPS) is 11.2. The fourth-order valence-corrected chi connectivity index (χ4v) is 3.72. The molecule has 0 spiro atoms. The Morgan fingerprint density at radius 3 is 2.76 bits per heavy atom. The molecule has 0 saturated heterocycles. The summed E-state index contributed by atoms with van der Waals surface area (Å²) in [6.45, 7) is 1.64. The van der Waals surface area contributed by atoms with E-state index in [9.17, 15) is 13.2 Å². The highest BCUT2D eigenvalue weighted by Gasteiger charge is 2.27. The van der Waals surface area contributed by atoms with Crippen LogP contribution in [-0.2, 0) is 14.8 Å². The fourth-order valence-electron chi connectivity index (χ4n) is 1.40. The summed E-state index contributed by atoms with van der Waals surface area (Å²) in [5.41, 5.74) is 1.42. The van der Waals surface area contributed by atoms with E-state index in [4.69, 9.17) is 11.6 Å². The van der Waals surface area contributed by atoms with E-state index in [1.807, 2.05) is 0 Å². The molecule has 0 atom stereocenters. The first-order valence-electron chi connectivity index (χ1n) is 5.39. The first-order valence-corrected chi connectivity index (χ1v) is 8.13. The van der Waals surface area contributed by atoms with E-state index in [2.05, 4.69) is 24.4 Å². The second-order valence-electron chi connectivity index (χ2n) is 3.74. The lowest BCUT2D eigenvalue weighted by Gasteiger charge is -2.06. The Bertz CT molecular complexity index is 770. The number of hydrogen-bond acceptors (Lipinski definition) is 8. The molecular formula is C10H9ClN4O4S2. The molecule has 8 nitrogen and oxygen atoms in total. The first kappa shape index (κ1) is 15.6. The smallest absolute Gasteiger partial charge is 0.358 e. The molecule has 0 unspecified atom stereocenters. The maximum atomic E-state index is 12.3. The van der Waals surface area contributed by atoms with E-state index in [0.29, 0.717) is 5.69 Å². The molecule has 0 aliphatic heterocycles. The zero-order valence-corrected chi connectivity index (χ0v) is 13.2. The number of sulfonamides is 1. The van der Waals surface area contributed by atoms with Crippen molar-refractivity contribution in [3.63, 3.8) is 0 Å². The van der Waals surface area contributed by atoms with Crippen LogP contribution in [0, 0.1) is 6.92 Å². The molecule has 0 bridgehead atoms. The zero-order chi connectivity index (χ0) is 15.6. The van der Waals surface area contributed by atoms with Crippen molar-refractivity contribution in [2.24, 2.45) is 0 Å². The highest BCUT2D eigenvalue weighted by Crippen LogP contribution is 2.23. The highest BCUT2D eigenvalue weighted by molar-refractivity contribution is 7.94. The number of carbonyl (C=O) groups is 1. The van der Waals surface area contributed by atoms with Gasteiger partial charge in [0.1, 0.15) is 5.15 Å². The van der Waals surface area contributed by atoms with Crippen LogP contribution >= 0.6 is 22.9 Å². The first-order chi connectivity index (χ1) is 9.83. The van der Waals surface area contributed by atoms with Gasteiger partial charge in [-0.3, -0.25) is 0 Å². The van der Waals surface area contributed by atoms with Crippen LogP contribution in [0.25, 0.3) is 0 Å². The third kappa shape index (κ3) is 3.46. The van der Waals surface area contributed by atoms with Gasteiger partial charge in [0.15, 0.2) is 9.90 Å². The summed E-state index contributed by atoms with van der Waals surface area (Å²) in [7, 11) is -2.93.